The Kier molecular flexibility index (Phi) is 5.27. The molecule has 7 nitrogen and oxygen atoms in total. The van der Waals surface area contributed by atoms with E-state index in [1.807, 2.05) is 0 Å². The van der Waals surface area contributed by atoms with E-state index in [4.69, 9.17) is 16.1 Å². The summed E-state index contributed by atoms with van der Waals surface area (Å²) >= 11 is 9.58. The van der Waals surface area contributed by atoms with Crippen LogP contribution in [0.3, 0.4) is 0 Å². The number of alkyl halides is 3. The molecule has 2 aromatic heterocycles. The van der Waals surface area contributed by atoms with Gasteiger partial charge in [0.25, 0.3) is 5.91 Å². The first-order chi connectivity index (χ1) is 14.1. The average Bonchev–Trinajstić information content (AvgIpc) is 3.24. The third kappa shape index (κ3) is 3.91. The Bertz CT molecular complexity index is 1100. The highest BCUT2D eigenvalue weighted by molar-refractivity contribution is 9.10. The van der Waals surface area contributed by atoms with Crippen molar-refractivity contribution in [2.24, 2.45) is 0 Å². The molecule has 158 valence electrons. The molecule has 3 heterocycles. The molecule has 1 amide bonds. The Balaban J connectivity index is 1.70. The lowest BCUT2D eigenvalue weighted by Crippen LogP contribution is -2.35. The highest BCUT2D eigenvalue weighted by Gasteiger charge is 2.47. The second-order valence-corrected chi connectivity index (χ2v) is 8.07. The molecular formula is C18H14BrClF3N5O2. The highest BCUT2D eigenvalue weighted by Crippen LogP contribution is 2.46. The summed E-state index contributed by atoms with van der Waals surface area (Å²) in [6.45, 7) is 1.63. The van der Waals surface area contributed by atoms with Crippen LogP contribution in [0, 0.1) is 6.92 Å². The minimum absolute atomic E-state index is 0.0698. The average molecular weight is 505 g/mol. The zero-order valence-corrected chi connectivity index (χ0v) is 17.6. The van der Waals surface area contributed by atoms with Crippen LogP contribution < -0.4 is 10.6 Å². The Hall–Kier alpha value is -2.53. The van der Waals surface area contributed by atoms with Gasteiger partial charge in [0.1, 0.15) is 16.6 Å². The molecule has 2 N–H and O–H groups in total. The number of benzene rings is 1. The van der Waals surface area contributed by atoms with Gasteiger partial charge < -0.3 is 15.2 Å². The van der Waals surface area contributed by atoms with Crippen molar-refractivity contribution in [3.63, 3.8) is 0 Å². The van der Waals surface area contributed by atoms with Crippen LogP contribution in [0.25, 0.3) is 0 Å². The van der Waals surface area contributed by atoms with E-state index >= 15 is 0 Å². The Morgan fingerprint density at radius 2 is 2.07 bits per heavy atom. The Labute approximate surface area is 181 Å². The quantitative estimate of drug-likeness (QED) is 0.491. The van der Waals surface area contributed by atoms with Gasteiger partial charge >= 0.3 is 6.18 Å². The molecule has 0 saturated heterocycles. The third-order valence-corrected chi connectivity index (χ3v) is 5.54. The van der Waals surface area contributed by atoms with Crippen molar-refractivity contribution >= 4 is 45.1 Å². The number of hydrogen-bond donors (Lipinski definition) is 2. The maximum absolute atomic E-state index is 13.8. The van der Waals surface area contributed by atoms with Crippen LogP contribution in [0.1, 0.15) is 40.3 Å². The molecule has 12 heteroatoms. The number of carbonyl (C=O) groups excluding carboxylic acids is 1. The number of aryl methyl sites for hydroxylation is 1. The van der Waals surface area contributed by atoms with Gasteiger partial charge in [0.15, 0.2) is 17.6 Å². The number of fused-ring (bicyclic) bond motifs is 1. The van der Waals surface area contributed by atoms with Crippen LogP contribution in [0.2, 0.25) is 5.02 Å². The Morgan fingerprint density at radius 1 is 1.37 bits per heavy atom. The molecule has 0 aliphatic carbocycles. The number of nitrogens with zero attached hydrogens (tertiary/aromatic N) is 3. The van der Waals surface area contributed by atoms with E-state index in [-0.39, 0.29) is 28.8 Å². The summed E-state index contributed by atoms with van der Waals surface area (Å²) in [6, 6.07) is 5.77. The number of halogens is 5. The summed E-state index contributed by atoms with van der Waals surface area (Å²) in [5.41, 5.74) is 0.311. The smallest absolute Gasteiger partial charge is 0.362 e. The van der Waals surface area contributed by atoms with E-state index in [0.29, 0.717) is 11.3 Å². The second kappa shape index (κ2) is 7.62. The van der Waals surface area contributed by atoms with Crippen molar-refractivity contribution in [3.8, 4) is 0 Å². The maximum atomic E-state index is 13.8. The maximum Gasteiger partial charge on any atom is 0.410 e. The topological polar surface area (TPSA) is 85.0 Å². The number of anilines is 2. The Morgan fingerprint density at radius 3 is 2.67 bits per heavy atom. The van der Waals surface area contributed by atoms with Crippen LogP contribution >= 0.6 is 27.5 Å². The second-order valence-electron chi connectivity index (χ2n) is 6.77. The molecule has 4 rings (SSSR count). The summed E-state index contributed by atoms with van der Waals surface area (Å²) in [5.74, 6) is -0.304. The fourth-order valence-corrected chi connectivity index (χ4v) is 3.78. The summed E-state index contributed by atoms with van der Waals surface area (Å²) in [5, 5.41) is 12.7. The number of amides is 1. The summed E-state index contributed by atoms with van der Waals surface area (Å²) < 4.78 is 47.8. The van der Waals surface area contributed by atoms with Crippen LogP contribution in [0.4, 0.5) is 24.8 Å². The molecule has 1 aliphatic rings. The van der Waals surface area contributed by atoms with Gasteiger partial charge in [0, 0.05) is 17.0 Å². The molecule has 1 aliphatic heterocycles. The monoisotopic (exact) mass is 503 g/mol. The van der Waals surface area contributed by atoms with Crippen molar-refractivity contribution in [2.45, 2.75) is 31.6 Å². The number of carbonyl (C=O) groups is 1. The predicted molar refractivity (Wildman–Crippen MR) is 107 cm³/mol. The van der Waals surface area contributed by atoms with Crippen LogP contribution in [0.5, 0.6) is 0 Å². The zero-order chi connectivity index (χ0) is 21.6. The molecule has 1 aromatic carbocycles. The van der Waals surface area contributed by atoms with Crippen molar-refractivity contribution in [1.29, 1.82) is 0 Å². The lowest BCUT2D eigenvalue weighted by Gasteiger charge is -2.33. The molecule has 0 radical (unpaired) electrons. The van der Waals surface area contributed by atoms with E-state index < -0.39 is 24.2 Å². The molecule has 0 saturated carbocycles. The summed E-state index contributed by atoms with van der Waals surface area (Å²) in [6.07, 6.45) is -4.89. The molecule has 0 spiro atoms. The van der Waals surface area contributed by atoms with E-state index in [1.165, 1.54) is 6.07 Å². The van der Waals surface area contributed by atoms with Gasteiger partial charge in [0.2, 0.25) is 0 Å². The van der Waals surface area contributed by atoms with Gasteiger partial charge in [0.05, 0.1) is 6.04 Å². The first kappa shape index (κ1) is 20.7. The molecule has 3 aromatic rings. The van der Waals surface area contributed by atoms with Gasteiger partial charge in [-0.25, -0.2) is 4.68 Å². The van der Waals surface area contributed by atoms with Gasteiger partial charge in [-0.05, 0) is 24.6 Å². The number of aromatic nitrogens is 3. The molecule has 0 bridgehead atoms. The minimum Gasteiger partial charge on any atom is -0.362 e. The fourth-order valence-electron chi connectivity index (χ4n) is 3.25. The fraction of sp³-hybridized carbons (Fsp3) is 0.278. The standard InChI is InChI=1S/C18H14BrClF3N5O2/c1-8-6-13(27-30-8)25-17(29)15-14(20)16-24-11(9-2-4-10(19)5-3-9)7-12(18(21,22)23)28(16)26-15/h2-6,11-12,24H,7H2,1H3,(H,25,27,29)/t11-,12-/m0/s1. The molecular weight excluding hydrogens is 491 g/mol. The number of rotatable bonds is 3. The third-order valence-electron chi connectivity index (χ3n) is 4.65. The SMILES string of the molecule is Cc1cc(NC(=O)c2nn3c(c2Cl)N[C@H](c2ccc(Br)cc2)C[C@H]3C(F)(F)F)no1. The molecule has 30 heavy (non-hydrogen) atoms. The van der Waals surface area contributed by atoms with Crippen molar-refractivity contribution in [2.75, 3.05) is 10.6 Å². The first-order valence-corrected chi connectivity index (χ1v) is 9.92. The van der Waals surface area contributed by atoms with Crippen LogP contribution in [0.15, 0.2) is 39.3 Å². The van der Waals surface area contributed by atoms with Gasteiger partial charge in [-0.2, -0.15) is 18.3 Å². The van der Waals surface area contributed by atoms with E-state index in [1.54, 1.807) is 31.2 Å². The largest absolute Gasteiger partial charge is 0.410 e. The van der Waals surface area contributed by atoms with Crippen molar-refractivity contribution in [1.82, 2.24) is 14.9 Å². The lowest BCUT2D eigenvalue weighted by atomic mass is 9.97. The van der Waals surface area contributed by atoms with Gasteiger partial charge in [-0.1, -0.05) is 44.8 Å². The normalized spacial score (nSPS) is 18.6. The highest BCUT2D eigenvalue weighted by atomic mass is 79.9. The van der Waals surface area contributed by atoms with E-state index in [9.17, 15) is 18.0 Å². The van der Waals surface area contributed by atoms with Crippen LogP contribution in [-0.2, 0) is 0 Å². The van der Waals surface area contributed by atoms with Gasteiger partial charge in [-0.15, -0.1) is 0 Å². The van der Waals surface area contributed by atoms with Crippen LogP contribution in [-0.4, -0.2) is 27.0 Å². The van der Waals surface area contributed by atoms with E-state index in [2.05, 4.69) is 36.8 Å². The van der Waals surface area contributed by atoms with Gasteiger partial charge in [-0.3, -0.25) is 4.79 Å². The summed E-state index contributed by atoms with van der Waals surface area (Å²) in [7, 11) is 0. The first-order valence-electron chi connectivity index (χ1n) is 8.75. The van der Waals surface area contributed by atoms with Crippen molar-refractivity contribution < 1.29 is 22.5 Å². The van der Waals surface area contributed by atoms with Crippen molar-refractivity contribution in [3.05, 3.63) is 56.8 Å². The predicted octanol–water partition coefficient (Wildman–Crippen LogP) is 5.51. The number of hydrogen-bond acceptors (Lipinski definition) is 5. The zero-order valence-electron chi connectivity index (χ0n) is 15.3. The summed E-state index contributed by atoms with van der Waals surface area (Å²) in [4.78, 5) is 12.5. The molecule has 0 unspecified atom stereocenters. The minimum atomic E-state index is -4.59. The number of nitrogens with one attached hydrogen (secondary N) is 2. The van der Waals surface area contributed by atoms with E-state index in [0.717, 1.165) is 9.15 Å². The molecule has 0 fully saturated rings. The molecule has 2 atom stereocenters. The lowest BCUT2D eigenvalue weighted by molar-refractivity contribution is -0.173.